The Kier molecular flexibility index (Phi) is 3.27. The van der Waals surface area contributed by atoms with E-state index in [1.807, 2.05) is 12.1 Å². The number of methoxy groups -OCH3 is 1. The van der Waals surface area contributed by atoms with Gasteiger partial charge in [0.05, 0.1) is 7.11 Å². The lowest BCUT2D eigenvalue weighted by Gasteiger charge is -2.29. The van der Waals surface area contributed by atoms with E-state index in [4.69, 9.17) is 16.3 Å². The monoisotopic (exact) mass is 288 g/mol. The number of halogens is 2. The number of fused-ring (bicyclic) bond motifs is 1. The smallest absolute Gasteiger partial charge is 0.122 e. The van der Waals surface area contributed by atoms with E-state index in [0.717, 1.165) is 17.2 Å². The molecule has 0 radical (unpaired) electrons. The first-order valence-electron chi connectivity index (χ1n) is 5.15. The number of rotatable bonds is 1. The van der Waals surface area contributed by atoms with Crippen molar-refractivity contribution in [2.75, 3.05) is 7.11 Å². The summed E-state index contributed by atoms with van der Waals surface area (Å²) in [4.78, 5) is 0.367. The first-order chi connectivity index (χ1) is 7.15. The minimum atomic E-state index is 0.367. The van der Waals surface area contributed by atoms with Crippen LogP contribution in [0.3, 0.4) is 0 Å². The van der Waals surface area contributed by atoms with Crippen molar-refractivity contribution >= 4 is 27.5 Å². The van der Waals surface area contributed by atoms with Crippen LogP contribution in [0.2, 0.25) is 5.02 Å². The molecule has 0 spiro atoms. The van der Waals surface area contributed by atoms with Gasteiger partial charge in [-0.25, -0.2) is 0 Å². The van der Waals surface area contributed by atoms with Gasteiger partial charge in [0.2, 0.25) is 0 Å². The average Bonchev–Trinajstić information content (AvgIpc) is 2.23. The highest BCUT2D eigenvalue weighted by molar-refractivity contribution is 9.09. The minimum absolute atomic E-state index is 0.367. The predicted octanol–water partition coefficient (Wildman–Crippen LogP) is 4.68. The summed E-state index contributed by atoms with van der Waals surface area (Å²) in [6, 6.07) is 3.88. The summed E-state index contributed by atoms with van der Waals surface area (Å²) in [6.07, 6.45) is 2.32. The molecule has 1 nitrogen and oxygen atoms in total. The fourth-order valence-corrected chi connectivity index (χ4v) is 3.47. The second kappa shape index (κ2) is 4.34. The van der Waals surface area contributed by atoms with Crippen LogP contribution in [0.25, 0.3) is 0 Å². The van der Waals surface area contributed by atoms with Crippen LogP contribution in [0.5, 0.6) is 5.75 Å². The van der Waals surface area contributed by atoms with Crippen LogP contribution in [-0.4, -0.2) is 7.11 Å². The van der Waals surface area contributed by atoms with Crippen molar-refractivity contribution in [3.63, 3.8) is 0 Å². The average molecular weight is 290 g/mol. The lowest BCUT2D eigenvalue weighted by molar-refractivity contribution is 0.400. The van der Waals surface area contributed by atoms with E-state index in [1.54, 1.807) is 7.11 Å². The summed E-state index contributed by atoms with van der Waals surface area (Å²) in [7, 11) is 1.72. The quantitative estimate of drug-likeness (QED) is 0.682. The molecule has 1 aromatic rings. The number of ether oxygens (including phenoxy) is 1. The van der Waals surface area contributed by atoms with Gasteiger partial charge in [0.25, 0.3) is 0 Å². The highest BCUT2D eigenvalue weighted by atomic mass is 79.9. The Morgan fingerprint density at radius 2 is 2.07 bits per heavy atom. The van der Waals surface area contributed by atoms with E-state index in [9.17, 15) is 0 Å². The van der Waals surface area contributed by atoms with Gasteiger partial charge in [0.1, 0.15) is 5.75 Å². The highest BCUT2D eigenvalue weighted by Gasteiger charge is 2.28. The molecule has 1 aliphatic carbocycles. The topological polar surface area (TPSA) is 9.23 Å². The summed E-state index contributed by atoms with van der Waals surface area (Å²) < 4.78 is 5.41. The van der Waals surface area contributed by atoms with Crippen molar-refractivity contribution < 1.29 is 4.74 Å². The second-order valence-corrected chi connectivity index (χ2v) is 5.54. The maximum Gasteiger partial charge on any atom is 0.122 e. The van der Waals surface area contributed by atoms with Crippen LogP contribution in [0.1, 0.15) is 41.6 Å². The number of hydrogen-bond acceptors (Lipinski definition) is 1. The third-order valence-corrected chi connectivity index (χ3v) is 4.32. The van der Waals surface area contributed by atoms with Gasteiger partial charge in [-0.15, -0.1) is 0 Å². The molecule has 3 heteroatoms. The largest absolute Gasteiger partial charge is 0.496 e. The first-order valence-corrected chi connectivity index (χ1v) is 6.45. The van der Waals surface area contributed by atoms with Crippen LogP contribution in [0.4, 0.5) is 0 Å². The molecule has 1 aromatic carbocycles. The third-order valence-electron chi connectivity index (χ3n) is 3.07. The molecule has 0 amide bonds. The van der Waals surface area contributed by atoms with E-state index in [0.29, 0.717) is 10.7 Å². The van der Waals surface area contributed by atoms with E-state index in [2.05, 4.69) is 22.9 Å². The van der Waals surface area contributed by atoms with Crippen molar-refractivity contribution in [2.24, 2.45) is 0 Å². The van der Waals surface area contributed by atoms with E-state index < -0.39 is 0 Å². The van der Waals surface area contributed by atoms with Gasteiger partial charge in [-0.3, -0.25) is 0 Å². The fourth-order valence-electron chi connectivity index (χ4n) is 2.28. The summed E-state index contributed by atoms with van der Waals surface area (Å²) >= 11 is 9.93. The fraction of sp³-hybridized carbons (Fsp3) is 0.500. The normalized spacial score (nSPS) is 24.8. The van der Waals surface area contributed by atoms with Gasteiger partial charge in [0.15, 0.2) is 0 Å². The van der Waals surface area contributed by atoms with Crippen molar-refractivity contribution in [3.8, 4) is 5.75 Å². The van der Waals surface area contributed by atoms with Crippen molar-refractivity contribution in [3.05, 3.63) is 28.3 Å². The van der Waals surface area contributed by atoms with Crippen LogP contribution in [0, 0.1) is 0 Å². The standard InChI is InChI=1S/C12H14BrClO/c1-7-3-4-8(13)12-9(14)5-6-10(15-2)11(7)12/h5-8H,3-4H2,1-2H3. The Morgan fingerprint density at radius 1 is 1.33 bits per heavy atom. The SMILES string of the molecule is COc1ccc(Cl)c2c1C(C)CCC2Br. The molecule has 0 N–H and O–H groups in total. The summed E-state index contributed by atoms with van der Waals surface area (Å²) in [5, 5.41) is 0.847. The number of hydrogen-bond donors (Lipinski definition) is 0. The number of alkyl halides is 1. The Labute approximate surface area is 104 Å². The molecule has 1 aliphatic rings. The molecule has 2 unspecified atom stereocenters. The van der Waals surface area contributed by atoms with E-state index in [1.165, 1.54) is 17.5 Å². The van der Waals surface area contributed by atoms with Crippen molar-refractivity contribution in [1.82, 2.24) is 0 Å². The van der Waals surface area contributed by atoms with Crippen LogP contribution in [0.15, 0.2) is 12.1 Å². The zero-order chi connectivity index (χ0) is 11.0. The molecule has 0 saturated heterocycles. The van der Waals surface area contributed by atoms with Gasteiger partial charge < -0.3 is 4.74 Å². The molecule has 0 saturated carbocycles. The van der Waals surface area contributed by atoms with Crippen molar-refractivity contribution in [1.29, 1.82) is 0 Å². The van der Waals surface area contributed by atoms with Crippen LogP contribution in [-0.2, 0) is 0 Å². The Hall–Kier alpha value is -0.210. The zero-order valence-corrected chi connectivity index (χ0v) is 11.2. The molecule has 0 fully saturated rings. The van der Waals surface area contributed by atoms with Gasteiger partial charge >= 0.3 is 0 Å². The van der Waals surface area contributed by atoms with Gasteiger partial charge in [-0.2, -0.15) is 0 Å². The molecular formula is C12H14BrClO. The Bertz CT molecular complexity index is 378. The molecule has 0 bridgehead atoms. The molecule has 2 rings (SSSR count). The molecule has 82 valence electrons. The van der Waals surface area contributed by atoms with E-state index in [-0.39, 0.29) is 0 Å². The van der Waals surface area contributed by atoms with E-state index >= 15 is 0 Å². The highest BCUT2D eigenvalue weighted by Crippen LogP contribution is 2.48. The van der Waals surface area contributed by atoms with Gasteiger partial charge in [-0.1, -0.05) is 34.5 Å². The van der Waals surface area contributed by atoms with Crippen LogP contribution < -0.4 is 4.74 Å². The van der Waals surface area contributed by atoms with Crippen molar-refractivity contribution in [2.45, 2.75) is 30.5 Å². The molecule has 0 aromatic heterocycles. The lowest BCUT2D eigenvalue weighted by atomic mass is 9.83. The molecule has 2 atom stereocenters. The molecular weight excluding hydrogens is 275 g/mol. The first kappa shape index (κ1) is 11.3. The maximum atomic E-state index is 6.25. The summed E-state index contributed by atoms with van der Waals surface area (Å²) in [5.41, 5.74) is 2.49. The minimum Gasteiger partial charge on any atom is -0.496 e. The predicted molar refractivity (Wildman–Crippen MR) is 67.3 cm³/mol. The van der Waals surface area contributed by atoms with Gasteiger partial charge in [-0.05, 0) is 36.5 Å². The summed E-state index contributed by atoms with van der Waals surface area (Å²) in [6.45, 7) is 2.23. The maximum absolute atomic E-state index is 6.25. The van der Waals surface area contributed by atoms with Gasteiger partial charge in [0, 0.05) is 15.4 Å². The molecule has 15 heavy (non-hydrogen) atoms. The number of benzene rings is 1. The third kappa shape index (κ3) is 1.90. The lowest BCUT2D eigenvalue weighted by Crippen LogP contribution is -2.11. The molecule has 0 aliphatic heterocycles. The van der Waals surface area contributed by atoms with Crippen LogP contribution >= 0.6 is 27.5 Å². The zero-order valence-electron chi connectivity index (χ0n) is 8.89. The second-order valence-electron chi connectivity index (χ2n) is 4.02. The Morgan fingerprint density at radius 3 is 2.73 bits per heavy atom. The summed E-state index contributed by atoms with van der Waals surface area (Å²) in [5.74, 6) is 1.49. The Balaban J connectivity index is 2.63. The molecule has 0 heterocycles.